The van der Waals surface area contributed by atoms with Crippen molar-refractivity contribution in [3.05, 3.63) is 24.7 Å². The van der Waals surface area contributed by atoms with Crippen LogP contribution in [-0.2, 0) is 52.0 Å². The molecule has 0 bridgehead atoms. The Morgan fingerprint density at radius 2 is 0.775 bits per heavy atom. The number of aliphatic hydroxyl groups excluding tert-OH is 3. The highest BCUT2D eigenvalue weighted by molar-refractivity contribution is 6.74. The summed E-state index contributed by atoms with van der Waals surface area (Å²) < 4.78 is 42.6. The second-order valence-electron chi connectivity index (χ2n) is 26.9. The number of nitrogens with one attached hydrogen (secondary N) is 2. The molecule has 2 heterocycles. The SMILES string of the molecule is C/C=C\OC1OC(CO)C(O)C(OCCCCCCCCCC)C1NC(=O)CC(=O)CCCCCCCCCCC.C/C=C\OC1OC(CO[Si](C)(C)C(C)(C)C)C(O)C(OCCCCCCCCCC)C1NC(=O)CC(=O)CCCCCCCCCCC. The molecular formula is C72H136N2O14Si. The number of amides is 2. The average molecular weight is 1280 g/mol. The maximum Gasteiger partial charge on any atom is 0.227 e. The molecule has 2 aliphatic heterocycles. The van der Waals surface area contributed by atoms with Crippen LogP contribution < -0.4 is 10.6 Å². The summed E-state index contributed by atoms with van der Waals surface area (Å²) in [5, 5.41) is 38.1. The molecule has 2 aliphatic rings. The minimum atomic E-state index is -2.12. The fourth-order valence-corrected chi connectivity index (χ4v) is 12.1. The molecular weight excluding hydrogens is 1140 g/mol. The number of hydrogen-bond donors (Lipinski definition) is 5. The molecule has 2 saturated heterocycles. The first-order valence-corrected chi connectivity index (χ1v) is 39.1. The molecule has 2 rings (SSSR count). The number of carbonyl (C=O) groups excluding carboxylic acids is 4. The Kier molecular flexibility index (Phi) is 50.8. The van der Waals surface area contributed by atoms with Gasteiger partial charge in [0.2, 0.25) is 24.4 Å². The van der Waals surface area contributed by atoms with E-state index < -0.39 is 88.0 Å². The number of allylic oxidation sites excluding steroid dienone is 2. The highest BCUT2D eigenvalue weighted by Crippen LogP contribution is 2.37. The fraction of sp³-hybridized carbons (Fsp3) is 0.889. The van der Waals surface area contributed by atoms with Crippen LogP contribution in [0.15, 0.2) is 24.7 Å². The number of aliphatic hydroxyl groups is 3. The Hall–Kier alpha value is -2.74. The lowest BCUT2D eigenvalue weighted by Gasteiger charge is -2.45. The number of Topliss-reactive ketones (excluding diaryl/α,β-unsaturated/α-hetero) is 2. The third kappa shape index (κ3) is 39.5. The Bertz CT molecular complexity index is 1810. The van der Waals surface area contributed by atoms with Crippen molar-refractivity contribution in [3.63, 3.8) is 0 Å². The van der Waals surface area contributed by atoms with Gasteiger partial charge in [0, 0.05) is 26.1 Å². The zero-order valence-corrected chi connectivity index (χ0v) is 59.6. The summed E-state index contributed by atoms with van der Waals surface area (Å²) in [5.41, 5.74) is 0. The first-order valence-electron chi connectivity index (χ1n) is 36.2. The van der Waals surface area contributed by atoms with Crippen LogP contribution >= 0.6 is 0 Å². The van der Waals surface area contributed by atoms with Crippen LogP contribution in [0.4, 0.5) is 0 Å². The molecule has 16 nitrogen and oxygen atoms in total. The Morgan fingerprint density at radius 3 is 1.09 bits per heavy atom. The molecule has 0 spiro atoms. The highest BCUT2D eigenvalue weighted by atomic mass is 28.4. The van der Waals surface area contributed by atoms with Gasteiger partial charge >= 0.3 is 0 Å². The van der Waals surface area contributed by atoms with Gasteiger partial charge < -0.3 is 58.8 Å². The molecule has 89 heavy (non-hydrogen) atoms. The lowest BCUT2D eigenvalue weighted by atomic mass is 9.96. The van der Waals surface area contributed by atoms with Gasteiger partial charge in [-0.15, -0.1) is 0 Å². The summed E-state index contributed by atoms with van der Waals surface area (Å²) in [6, 6.07) is -1.62. The van der Waals surface area contributed by atoms with Crippen molar-refractivity contribution in [3.8, 4) is 0 Å². The summed E-state index contributed by atoms with van der Waals surface area (Å²) in [7, 11) is -2.12. The molecule has 5 N–H and O–H groups in total. The fourth-order valence-electron chi connectivity index (χ4n) is 11.1. The van der Waals surface area contributed by atoms with Gasteiger partial charge in [-0.05, 0) is 57.7 Å². The van der Waals surface area contributed by atoms with Crippen molar-refractivity contribution in [2.75, 3.05) is 26.4 Å². The normalized spacial score (nSPS) is 22.3. The maximum atomic E-state index is 13.2. The lowest BCUT2D eigenvalue weighted by Crippen LogP contribution is -2.66. The second-order valence-corrected chi connectivity index (χ2v) is 31.7. The van der Waals surface area contributed by atoms with Gasteiger partial charge in [0.1, 0.15) is 60.3 Å². The third-order valence-electron chi connectivity index (χ3n) is 17.7. The van der Waals surface area contributed by atoms with E-state index in [4.69, 9.17) is 32.8 Å². The Labute approximate surface area is 544 Å². The molecule has 522 valence electrons. The van der Waals surface area contributed by atoms with Gasteiger partial charge in [-0.25, -0.2) is 0 Å². The molecule has 17 heteroatoms. The number of ketones is 2. The van der Waals surface area contributed by atoms with Crippen molar-refractivity contribution >= 4 is 31.7 Å². The van der Waals surface area contributed by atoms with E-state index in [0.29, 0.717) is 26.1 Å². The summed E-state index contributed by atoms with van der Waals surface area (Å²) in [4.78, 5) is 51.3. The summed E-state index contributed by atoms with van der Waals surface area (Å²) >= 11 is 0. The Balaban J connectivity index is 0.000000901. The summed E-state index contributed by atoms with van der Waals surface area (Å²) in [5.74, 6) is -1.01. The van der Waals surface area contributed by atoms with Crippen LogP contribution in [0.25, 0.3) is 0 Å². The van der Waals surface area contributed by atoms with Crippen molar-refractivity contribution in [2.45, 2.75) is 386 Å². The second kappa shape index (κ2) is 53.6. The van der Waals surface area contributed by atoms with Crippen molar-refractivity contribution < 1.29 is 67.3 Å². The highest BCUT2D eigenvalue weighted by Gasteiger charge is 2.50. The zero-order chi connectivity index (χ0) is 66.0. The molecule has 2 amide bonds. The predicted octanol–water partition coefficient (Wildman–Crippen LogP) is 16.0. The Morgan fingerprint density at radius 1 is 0.472 bits per heavy atom. The molecule has 0 radical (unpaired) electrons. The van der Waals surface area contributed by atoms with Crippen LogP contribution in [-0.4, -0.2) is 135 Å². The van der Waals surface area contributed by atoms with Crippen LogP contribution in [0.2, 0.25) is 18.1 Å². The largest absolute Gasteiger partial charge is 0.471 e. The number of rotatable bonds is 54. The minimum absolute atomic E-state index is 0.00277. The zero-order valence-electron chi connectivity index (χ0n) is 58.6. The van der Waals surface area contributed by atoms with Crippen LogP contribution in [0.3, 0.4) is 0 Å². The number of ether oxygens (including phenoxy) is 6. The maximum absolute atomic E-state index is 13.2. The van der Waals surface area contributed by atoms with Gasteiger partial charge in [-0.2, -0.15) is 0 Å². The number of carbonyl (C=O) groups is 4. The van der Waals surface area contributed by atoms with E-state index in [2.05, 4.69) is 72.2 Å². The van der Waals surface area contributed by atoms with Crippen LogP contribution in [0, 0.1) is 0 Å². The van der Waals surface area contributed by atoms with Crippen LogP contribution in [0.5, 0.6) is 0 Å². The van der Waals surface area contributed by atoms with Crippen molar-refractivity contribution in [2.24, 2.45) is 0 Å². The van der Waals surface area contributed by atoms with E-state index in [-0.39, 0.29) is 36.1 Å². The van der Waals surface area contributed by atoms with Gasteiger partial charge in [0.15, 0.2) is 8.32 Å². The van der Waals surface area contributed by atoms with Gasteiger partial charge in [-0.1, -0.05) is 253 Å². The average Bonchev–Trinajstić information content (AvgIpc) is 1.25. The van der Waals surface area contributed by atoms with E-state index in [0.717, 1.165) is 77.0 Å². The molecule has 0 aromatic rings. The monoisotopic (exact) mass is 1280 g/mol. The first kappa shape index (κ1) is 84.3. The van der Waals surface area contributed by atoms with E-state index in [1.165, 1.54) is 154 Å². The molecule has 0 aliphatic carbocycles. The molecule has 0 aromatic carbocycles. The van der Waals surface area contributed by atoms with Gasteiger partial charge in [0.25, 0.3) is 0 Å². The van der Waals surface area contributed by atoms with Gasteiger partial charge in [0.05, 0.1) is 38.6 Å². The van der Waals surface area contributed by atoms with Crippen molar-refractivity contribution in [1.82, 2.24) is 10.6 Å². The van der Waals surface area contributed by atoms with E-state index in [1.54, 1.807) is 19.1 Å². The minimum Gasteiger partial charge on any atom is -0.471 e. The van der Waals surface area contributed by atoms with E-state index in [1.807, 2.05) is 6.92 Å². The third-order valence-corrected chi connectivity index (χ3v) is 22.2. The first-order chi connectivity index (χ1) is 42.8. The number of hydrogen-bond acceptors (Lipinski definition) is 14. The molecule has 10 atom stereocenters. The van der Waals surface area contributed by atoms with Crippen LogP contribution in [0.1, 0.15) is 306 Å². The summed E-state index contributed by atoms with van der Waals surface area (Å²) in [6.45, 7) is 24.0. The molecule has 10 unspecified atom stereocenters. The molecule has 0 saturated carbocycles. The lowest BCUT2D eigenvalue weighted by molar-refractivity contribution is -0.263. The van der Waals surface area contributed by atoms with Crippen molar-refractivity contribution in [1.29, 1.82) is 0 Å². The standard InChI is InChI=1S/C39H75NO7Si.C33H61NO7/c1-9-12-14-16-18-20-21-23-25-27-32(41)30-34(42)40-35-37(44-29-26-24-22-19-17-15-13-10-2)36(43)33(47-38(35)45-28-11-3)31-46-48(7,8)39(4,5)6;1-4-7-9-11-13-15-16-18-20-22-27(36)25-29(37)34-30-32(39-24-21-19-17-14-12-10-8-5-2)31(38)28(26-35)41-33(30)40-23-6-3/h11,28,33,35-38,43H,9-10,12-27,29-31H2,1-8H3,(H,40,42);6,23,28,30-33,35,38H,4-5,7-22,24-26H2,1-3H3,(H,34,37)/b28-11-;23-6-. The molecule has 0 aromatic heterocycles. The van der Waals surface area contributed by atoms with E-state index >= 15 is 0 Å². The quantitative estimate of drug-likeness (QED) is 0.0166. The number of unbranched alkanes of at least 4 members (excludes halogenated alkanes) is 30. The smallest absolute Gasteiger partial charge is 0.227 e. The molecule has 2 fully saturated rings. The predicted molar refractivity (Wildman–Crippen MR) is 363 cm³/mol. The van der Waals surface area contributed by atoms with Gasteiger partial charge in [-0.3, -0.25) is 19.2 Å². The summed E-state index contributed by atoms with van der Waals surface area (Å²) in [6.07, 6.45) is 39.2. The topological polar surface area (TPSA) is 218 Å². The van der Waals surface area contributed by atoms with E-state index in [9.17, 15) is 34.5 Å².